The lowest BCUT2D eigenvalue weighted by Crippen LogP contribution is -2.57. The first-order valence-electron chi connectivity index (χ1n) is 9.15. The fourth-order valence-electron chi connectivity index (χ4n) is 6.71. The van der Waals surface area contributed by atoms with Crippen molar-refractivity contribution in [2.24, 2.45) is 34.5 Å². The van der Waals surface area contributed by atoms with E-state index in [-0.39, 0.29) is 39.9 Å². The maximum atomic E-state index is 11.0. The van der Waals surface area contributed by atoms with Crippen LogP contribution in [0.4, 0.5) is 0 Å². The van der Waals surface area contributed by atoms with E-state index in [4.69, 9.17) is 0 Å². The second-order valence-corrected chi connectivity index (χ2v) is 10.2. The molecule has 4 aliphatic carbocycles. The summed E-state index contributed by atoms with van der Waals surface area (Å²) in [5.41, 5.74) is 0.0111. The number of fused-ring (bicyclic) bond motifs is 5. The quantitative estimate of drug-likeness (QED) is 0.444. The second kappa shape index (κ2) is 5.30. The summed E-state index contributed by atoms with van der Waals surface area (Å²) in [5.74, 6) is 1.48. The van der Waals surface area contributed by atoms with Gasteiger partial charge in [0, 0.05) is 4.83 Å². The maximum absolute atomic E-state index is 11.0. The highest BCUT2D eigenvalue weighted by atomic mass is 79.9. The molecule has 3 saturated carbocycles. The Hall–Kier alpha value is 0.100. The SMILES string of the molecule is C[C@]12C=C[C@H](O)C[C@H]1C[C@H](O)[C@@H]1[C@@H]2CC[C@]2(C)[C@@H](O)[C@H](Br)C[C@@H]12. The molecule has 4 rings (SSSR count). The minimum atomic E-state index is -0.356. The van der Waals surface area contributed by atoms with Gasteiger partial charge in [-0.25, -0.2) is 0 Å². The molecule has 0 radical (unpaired) electrons. The average Bonchev–Trinajstić information content (AvgIpc) is 2.73. The molecular weight excluding hydrogens is 356 g/mol. The summed E-state index contributed by atoms with van der Waals surface area (Å²) in [6.07, 6.45) is 7.88. The second-order valence-electron chi connectivity index (χ2n) is 9.06. The smallest absolute Gasteiger partial charge is 0.0724 e. The highest BCUT2D eigenvalue weighted by Gasteiger charge is 2.63. The third-order valence-electron chi connectivity index (χ3n) is 8.12. The zero-order chi connectivity index (χ0) is 16.6. The lowest BCUT2D eigenvalue weighted by atomic mass is 9.45. The molecule has 3 nitrogen and oxygen atoms in total. The molecule has 0 aromatic heterocycles. The third kappa shape index (κ3) is 2.17. The number of allylic oxidation sites excluding steroid dienone is 1. The Morgan fingerprint density at radius 3 is 2.52 bits per heavy atom. The van der Waals surface area contributed by atoms with Crippen molar-refractivity contribution in [3.63, 3.8) is 0 Å². The molecule has 0 aromatic rings. The van der Waals surface area contributed by atoms with E-state index in [0.29, 0.717) is 17.8 Å². The van der Waals surface area contributed by atoms with Gasteiger partial charge in [0.2, 0.25) is 0 Å². The van der Waals surface area contributed by atoms with Gasteiger partial charge in [0.25, 0.3) is 0 Å². The summed E-state index contributed by atoms with van der Waals surface area (Å²) in [6.45, 7) is 4.56. The van der Waals surface area contributed by atoms with Gasteiger partial charge >= 0.3 is 0 Å². The van der Waals surface area contributed by atoms with Gasteiger partial charge in [-0.1, -0.05) is 41.9 Å². The van der Waals surface area contributed by atoms with Gasteiger partial charge in [0.1, 0.15) is 0 Å². The fourth-order valence-corrected chi connectivity index (χ4v) is 7.71. The van der Waals surface area contributed by atoms with Gasteiger partial charge in [-0.3, -0.25) is 0 Å². The van der Waals surface area contributed by atoms with Crippen LogP contribution in [0.3, 0.4) is 0 Å². The van der Waals surface area contributed by atoms with Crippen molar-refractivity contribution in [3.05, 3.63) is 12.2 Å². The highest BCUT2D eigenvalue weighted by molar-refractivity contribution is 9.09. The first kappa shape index (κ1) is 16.6. The summed E-state index contributed by atoms with van der Waals surface area (Å²) >= 11 is 3.68. The van der Waals surface area contributed by atoms with E-state index < -0.39 is 0 Å². The minimum Gasteiger partial charge on any atom is -0.393 e. The lowest BCUT2D eigenvalue weighted by molar-refractivity contribution is -0.150. The van der Waals surface area contributed by atoms with E-state index in [1.165, 1.54) is 0 Å². The monoisotopic (exact) mass is 384 g/mol. The first-order chi connectivity index (χ1) is 10.8. The number of aliphatic hydroxyl groups is 3. The number of hydrogen-bond donors (Lipinski definition) is 3. The van der Waals surface area contributed by atoms with Crippen LogP contribution in [-0.2, 0) is 0 Å². The molecule has 0 bridgehead atoms. The predicted molar refractivity (Wildman–Crippen MR) is 93.1 cm³/mol. The molecule has 0 heterocycles. The maximum Gasteiger partial charge on any atom is 0.0724 e. The van der Waals surface area contributed by atoms with Crippen molar-refractivity contribution in [2.75, 3.05) is 0 Å². The molecule has 130 valence electrons. The molecule has 0 spiro atoms. The van der Waals surface area contributed by atoms with Crippen molar-refractivity contribution >= 4 is 15.9 Å². The number of aliphatic hydroxyl groups excluding tert-OH is 3. The van der Waals surface area contributed by atoms with E-state index in [2.05, 4.69) is 35.9 Å². The molecule has 23 heavy (non-hydrogen) atoms. The van der Waals surface area contributed by atoms with Gasteiger partial charge in [-0.2, -0.15) is 0 Å². The standard InChI is InChI=1S/C19H29BrO3/c1-18-5-3-11(21)7-10(18)8-15(22)16-12(18)4-6-19(2)13(16)9-14(20)17(19)23/h3,5,10-17,21-23H,4,6-9H2,1-2H3/t10-,11-,12-,13-,14+,15-,16+,17-,18-,19-/m0/s1. The molecule has 3 N–H and O–H groups in total. The van der Waals surface area contributed by atoms with Gasteiger partial charge in [-0.05, 0) is 66.6 Å². The van der Waals surface area contributed by atoms with Crippen molar-refractivity contribution < 1.29 is 15.3 Å². The Morgan fingerprint density at radius 1 is 1.04 bits per heavy atom. The average molecular weight is 385 g/mol. The van der Waals surface area contributed by atoms with Gasteiger partial charge in [0.15, 0.2) is 0 Å². The van der Waals surface area contributed by atoms with E-state index in [1.54, 1.807) is 0 Å². The Morgan fingerprint density at radius 2 is 1.78 bits per heavy atom. The zero-order valence-electron chi connectivity index (χ0n) is 14.0. The Kier molecular flexibility index (Phi) is 3.81. The molecule has 3 fully saturated rings. The fraction of sp³-hybridized carbons (Fsp3) is 0.895. The largest absolute Gasteiger partial charge is 0.393 e. The summed E-state index contributed by atoms with van der Waals surface area (Å²) in [4.78, 5) is 0.151. The third-order valence-corrected chi connectivity index (χ3v) is 8.99. The summed E-state index contributed by atoms with van der Waals surface area (Å²) in [7, 11) is 0. The molecule has 10 atom stereocenters. The van der Waals surface area contributed by atoms with E-state index in [1.807, 2.05) is 6.08 Å². The normalized spacial score (nSPS) is 61.7. The van der Waals surface area contributed by atoms with Crippen molar-refractivity contribution in [2.45, 2.75) is 69.1 Å². The van der Waals surface area contributed by atoms with E-state index >= 15 is 0 Å². The topological polar surface area (TPSA) is 60.7 Å². The van der Waals surface area contributed by atoms with Gasteiger partial charge in [0.05, 0.1) is 18.3 Å². The van der Waals surface area contributed by atoms with Crippen LogP contribution >= 0.6 is 15.9 Å². The molecule has 4 heteroatoms. The van der Waals surface area contributed by atoms with Crippen LogP contribution in [0.25, 0.3) is 0 Å². The zero-order valence-corrected chi connectivity index (χ0v) is 15.6. The van der Waals surface area contributed by atoms with E-state index in [9.17, 15) is 15.3 Å². The van der Waals surface area contributed by atoms with Gasteiger partial charge < -0.3 is 15.3 Å². The van der Waals surface area contributed by atoms with E-state index in [0.717, 1.165) is 32.1 Å². The minimum absolute atomic E-state index is 0.0720. The molecule has 0 aliphatic heterocycles. The molecule has 0 unspecified atom stereocenters. The van der Waals surface area contributed by atoms with Crippen molar-refractivity contribution in [1.29, 1.82) is 0 Å². The van der Waals surface area contributed by atoms with Crippen LogP contribution < -0.4 is 0 Å². The van der Waals surface area contributed by atoms with Crippen molar-refractivity contribution in [1.82, 2.24) is 0 Å². The molecule has 0 amide bonds. The first-order valence-corrected chi connectivity index (χ1v) is 10.1. The number of halogens is 1. The van der Waals surface area contributed by atoms with Crippen LogP contribution in [0.1, 0.15) is 46.0 Å². The van der Waals surface area contributed by atoms with Crippen LogP contribution in [0, 0.1) is 34.5 Å². The molecule has 4 aliphatic rings. The van der Waals surface area contributed by atoms with Crippen molar-refractivity contribution in [3.8, 4) is 0 Å². The van der Waals surface area contributed by atoms with Crippen LogP contribution in [-0.4, -0.2) is 38.5 Å². The van der Waals surface area contributed by atoms with Crippen LogP contribution in [0.15, 0.2) is 12.2 Å². The number of rotatable bonds is 0. The number of alkyl halides is 1. The van der Waals surface area contributed by atoms with Crippen LogP contribution in [0.2, 0.25) is 0 Å². The predicted octanol–water partition coefficient (Wildman–Crippen LogP) is 2.87. The lowest BCUT2D eigenvalue weighted by Gasteiger charge is -2.60. The molecule has 0 saturated heterocycles. The Balaban J connectivity index is 1.72. The molecular formula is C19H29BrO3. The summed E-state index contributed by atoms with van der Waals surface area (Å²) in [6, 6.07) is 0. The van der Waals surface area contributed by atoms with Crippen LogP contribution in [0.5, 0.6) is 0 Å². The van der Waals surface area contributed by atoms with Gasteiger partial charge in [-0.15, -0.1) is 0 Å². The summed E-state index contributed by atoms with van der Waals surface area (Å²) < 4.78 is 0. The Bertz CT molecular complexity index is 523. The molecule has 0 aromatic carbocycles. The highest BCUT2D eigenvalue weighted by Crippen LogP contribution is 2.65. The number of hydrogen-bond acceptors (Lipinski definition) is 3. The summed E-state index contributed by atoms with van der Waals surface area (Å²) in [5, 5.41) is 31.7. The Labute approximate surface area is 147 Å².